The van der Waals surface area contributed by atoms with Gasteiger partial charge >= 0.3 is 0 Å². The van der Waals surface area contributed by atoms with Gasteiger partial charge in [0.2, 0.25) is 0 Å². The maximum absolute atomic E-state index is 12.2. The Morgan fingerprint density at radius 1 is 1.26 bits per heavy atom. The van der Waals surface area contributed by atoms with E-state index < -0.39 is 5.54 Å². The highest BCUT2D eigenvalue weighted by atomic mass is 16.5. The Balaban J connectivity index is 1.89. The Morgan fingerprint density at radius 2 is 2.00 bits per heavy atom. The molecule has 1 fully saturated rings. The molecule has 1 aliphatic rings. The van der Waals surface area contributed by atoms with Crippen molar-refractivity contribution in [1.82, 2.24) is 14.7 Å². The van der Waals surface area contributed by atoms with E-state index in [4.69, 9.17) is 10.3 Å². The second-order valence-corrected chi connectivity index (χ2v) is 6.26. The van der Waals surface area contributed by atoms with Gasteiger partial charge in [-0.25, -0.2) is 0 Å². The third-order valence-corrected chi connectivity index (χ3v) is 4.75. The number of nitrogens with zero attached hydrogens (tertiary/aromatic N) is 3. The van der Waals surface area contributed by atoms with Gasteiger partial charge in [-0.1, -0.05) is 36.2 Å². The predicted octanol–water partition coefficient (Wildman–Crippen LogP) is 2.32. The average molecular weight is 310 g/mol. The minimum Gasteiger partial charge on any atom is -0.334 e. The van der Waals surface area contributed by atoms with Crippen LogP contribution in [0.4, 0.5) is 0 Å². The second kappa shape index (κ2) is 5.03. The van der Waals surface area contributed by atoms with Gasteiger partial charge in [-0.15, -0.1) is 0 Å². The van der Waals surface area contributed by atoms with Crippen LogP contribution >= 0.6 is 0 Å². The summed E-state index contributed by atoms with van der Waals surface area (Å²) in [5.41, 5.74) is 7.26. The number of nitrogens with two attached hydrogens (primary N) is 1. The summed E-state index contributed by atoms with van der Waals surface area (Å²) in [6.45, 7) is 0. The van der Waals surface area contributed by atoms with Crippen LogP contribution in [0.15, 0.2) is 39.6 Å². The first-order valence-electron chi connectivity index (χ1n) is 7.81. The average Bonchev–Trinajstić information content (AvgIpc) is 3.21. The minimum absolute atomic E-state index is 0.109. The molecule has 3 aromatic rings. The van der Waals surface area contributed by atoms with Crippen molar-refractivity contribution in [2.45, 2.75) is 31.2 Å². The van der Waals surface area contributed by atoms with Crippen molar-refractivity contribution in [3.63, 3.8) is 0 Å². The molecule has 1 aliphatic carbocycles. The van der Waals surface area contributed by atoms with Crippen LogP contribution in [0.25, 0.3) is 22.4 Å². The van der Waals surface area contributed by atoms with Gasteiger partial charge in [-0.05, 0) is 18.9 Å². The molecule has 0 unspecified atom stereocenters. The van der Waals surface area contributed by atoms with E-state index in [1.165, 1.54) is 6.07 Å². The highest BCUT2D eigenvalue weighted by Crippen LogP contribution is 2.36. The van der Waals surface area contributed by atoms with Gasteiger partial charge in [0.1, 0.15) is 0 Å². The Labute approximate surface area is 132 Å². The molecular formula is C17H18N4O2. The number of benzene rings is 1. The van der Waals surface area contributed by atoms with E-state index in [0.717, 1.165) is 36.6 Å². The molecule has 0 spiro atoms. The molecule has 1 aromatic carbocycles. The summed E-state index contributed by atoms with van der Waals surface area (Å²) in [5.74, 6) is 0.889. The van der Waals surface area contributed by atoms with Crippen molar-refractivity contribution in [3.05, 3.63) is 46.5 Å². The largest absolute Gasteiger partial charge is 0.334 e. The van der Waals surface area contributed by atoms with Crippen LogP contribution in [0.2, 0.25) is 0 Å². The summed E-state index contributed by atoms with van der Waals surface area (Å²) in [6, 6.07) is 9.21. The van der Waals surface area contributed by atoms with Gasteiger partial charge in [0.15, 0.2) is 5.82 Å². The monoisotopic (exact) mass is 310 g/mol. The number of aryl methyl sites for hydroxylation is 1. The lowest BCUT2D eigenvalue weighted by Gasteiger charge is -2.17. The Bertz CT molecular complexity index is 935. The van der Waals surface area contributed by atoms with Crippen LogP contribution in [0.1, 0.15) is 31.5 Å². The fourth-order valence-corrected chi connectivity index (χ4v) is 3.35. The van der Waals surface area contributed by atoms with Crippen LogP contribution in [0, 0.1) is 0 Å². The molecule has 0 amide bonds. The number of fused-ring (bicyclic) bond motifs is 1. The zero-order chi connectivity index (χ0) is 16.0. The number of para-hydroxylation sites is 1. The first kappa shape index (κ1) is 14.1. The third kappa shape index (κ3) is 2.17. The molecule has 0 saturated heterocycles. The van der Waals surface area contributed by atoms with Gasteiger partial charge in [0, 0.05) is 18.5 Å². The lowest BCUT2D eigenvalue weighted by Crippen LogP contribution is -2.34. The van der Waals surface area contributed by atoms with Gasteiger partial charge in [-0.2, -0.15) is 4.98 Å². The maximum Gasteiger partial charge on any atom is 0.258 e. The van der Waals surface area contributed by atoms with E-state index in [0.29, 0.717) is 17.3 Å². The van der Waals surface area contributed by atoms with Crippen molar-refractivity contribution >= 4 is 10.9 Å². The molecule has 1 saturated carbocycles. The molecule has 2 heterocycles. The predicted molar refractivity (Wildman–Crippen MR) is 86.8 cm³/mol. The fourth-order valence-electron chi connectivity index (χ4n) is 3.35. The molecule has 0 aliphatic heterocycles. The summed E-state index contributed by atoms with van der Waals surface area (Å²) in [6.07, 6.45) is 3.89. The zero-order valence-corrected chi connectivity index (χ0v) is 13.0. The highest BCUT2D eigenvalue weighted by molar-refractivity contribution is 5.92. The van der Waals surface area contributed by atoms with Crippen molar-refractivity contribution in [2.75, 3.05) is 0 Å². The van der Waals surface area contributed by atoms with Gasteiger partial charge in [0.25, 0.3) is 11.4 Å². The maximum atomic E-state index is 12.2. The first-order chi connectivity index (χ1) is 11.1. The van der Waals surface area contributed by atoms with Crippen LogP contribution in [-0.4, -0.2) is 14.7 Å². The molecule has 2 N–H and O–H groups in total. The summed E-state index contributed by atoms with van der Waals surface area (Å²) in [4.78, 5) is 16.7. The number of hydrogen-bond donors (Lipinski definition) is 1. The quantitative estimate of drug-likeness (QED) is 0.785. The smallest absolute Gasteiger partial charge is 0.258 e. The molecule has 6 heteroatoms. The molecule has 6 nitrogen and oxygen atoms in total. The highest BCUT2D eigenvalue weighted by Gasteiger charge is 2.36. The molecule has 0 radical (unpaired) electrons. The Morgan fingerprint density at radius 3 is 2.78 bits per heavy atom. The summed E-state index contributed by atoms with van der Waals surface area (Å²) in [5, 5.41) is 4.99. The number of aromatic nitrogens is 3. The normalized spacial score (nSPS) is 17.0. The Hall–Kier alpha value is -2.47. The topological polar surface area (TPSA) is 86.9 Å². The molecule has 0 bridgehead atoms. The van der Waals surface area contributed by atoms with Crippen LogP contribution in [-0.2, 0) is 12.6 Å². The van der Waals surface area contributed by atoms with E-state index in [-0.39, 0.29) is 5.56 Å². The van der Waals surface area contributed by atoms with Crippen molar-refractivity contribution < 1.29 is 4.52 Å². The van der Waals surface area contributed by atoms with Crippen molar-refractivity contribution in [2.24, 2.45) is 12.8 Å². The molecule has 4 rings (SSSR count). The SMILES string of the molecule is Cn1c(=O)cc(-c2nc(C3(N)CCCC3)no2)c2ccccc21. The number of rotatable bonds is 2. The van der Waals surface area contributed by atoms with Gasteiger partial charge in [-0.3, -0.25) is 4.79 Å². The van der Waals surface area contributed by atoms with Gasteiger partial charge < -0.3 is 14.8 Å². The summed E-state index contributed by atoms with van der Waals surface area (Å²) >= 11 is 0. The number of pyridine rings is 1. The zero-order valence-electron chi connectivity index (χ0n) is 13.0. The minimum atomic E-state index is -0.503. The van der Waals surface area contributed by atoms with E-state index >= 15 is 0 Å². The van der Waals surface area contributed by atoms with E-state index in [1.54, 1.807) is 11.6 Å². The van der Waals surface area contributed by atoms with Crippen molar-refractivity contribution in [1.29, 1.82) is 0 Å². The molecular weight excluding hydrogens is 292 g/mol. The molecule has 0 atom stereocenters. The molecule has 23 heavy (non-hydrogen) atoms. The van der Waals surface area contributed by atoms with Crippen LogP contribution in [0.5, 0.6) is 0 Å². The van der Waals surface area contributed by atoms with E-state index in [1.807, 2.05) is 24.3 Å². The van der Waals surface area contributed by atoms with Gasteiger partial charge in [0.05, 0.1) is 16.6 Å². The molecule has 2 aromatic heterocycles. The molecule has 118 valence electrons. The second-order valence-electron chi connectivity index (χ2n) is 6.26. The summed E-state index contributed by atoms with van der Waals surface area (Å²) < 4.78 is 7.05. The summed E-state index contributed by atoms with van der Waals surface area (Å²) in [7, 11) is 1.75. The van der Waals surface area contributed by atoms with Crippen molar-refractivity contribution in [3.8, 4) is 11.5 Å². The van der Waals surface area contributed by atoms with Crippen LogP contribution in [0.3, 0.4) is 0 Å². The Kier molecular flexibility index (Phi) is 3.09. The first-order valence-corrected chi connectivity index (χ1v) is 7.81. The van der Waals surface area contributed by atoms with Crippen LogP contribution < -0.4 is 11.3 Å². The fraction of sp³-hybridized carbons (Fsp3) is 0.353. The van der Waals surface area contributed by atoms with E-state index in [2.05, 4.69) is 10.1 Å². The lowest BCUT2D eigenvalue weighted by atomic mass is 9.98. The number of hydrogen-bond acceptors (Lipinski definition) is 5. The lowest BCUT2D eigenvalue weighted by molar-refractivity contribution is 0.373. The van der Waals surface area contributed by atoms with E-state index in [9.17, 15) is 4.79 Å². The standard InChI is InChI=1S/C17H18N4O2/c1-21-13-7-3-2-6-11(13)12(10-14(21)22)15-19-16(20-23-15)17(18)8-4-5-9-17/h2-3,6-7,10H,4-5,8-9,18H2,1H3. The third-order valence-electron chi connectivity index (χ3n) is 4.75.